The molecule has 0 spiro atoms. The maximum absolute atomic E-state index is 12.6. The van der Waals surface area contributed by atoms with Crippen molar-refractivity contribution in [3.63, 3.8) is 0 Å². The van der Waals surface area contributed by atoms with Crippen LogP contribution in [0.2, 0.25) is 0 Å². The molecule has 0 fully saturated rings. The van der Waals surface area contributed by atoms with Gasteiger partial charge in [-0.3, -0.25) is 19.0 Å². The molecule has 166 valence electrons. The van der Waals surface area contributed by atoms with Crippen molar-refractivity contribution in [2.45, 2.75) is 33.9 Å². The normalized spacial score (nSPS) is 12.5. The molecular weight excluding hydrogens is 410 g/mol. The molecule has 32 heavy (non-hydrogen) atoms. The maximum Gasteiger partial charge on any atom is 0.333 e. The first kappa shape index (κ1) is 21.4. The van der Waals surface area contributed by atoms with Crippen LogP contribution in [0.5, 0.6) is 5.75 Å². The Labute approximate surface area is 184 Å². The van der Waals surface area contributed by atoms with E-state index in [9.17, 15) is 14.4 Å². The Balaban J connectivity index is 1.61. The van der Waals surface area contributed by atoms with Crippen molar-refractivity contribution in [1.82, 2.24) is 14.3 Å². The molecule has 2 aromatic carbocycles. The van der Waals surface area contributed by atoms with Gasteiger partial charge in [-0.05, 0) is 62.2 Å². The fourth-order valence-electron chi connectivity index (χ4n) is 3.66. The highest BCUT2D eigenvalue weighted by Gasteiger charge is 2.26. The van der Waals surface area contributed by atoms with E-state index in [0.717, 1.165) is 27.2 Å². The number of ether oxygens (including phenoxy) is 1. The second-order valence-corrected chi connectivity index (χ2v) is 7.66. The summed E-state index contributed by atoms with van der Waals surface area (Å²) >= 11 is 0. The van der Waals surface area contributed by atoms with Crippen LogP contribution in [0.25, 0.3) is 0 Å². The Morgan fingerprint density at radius 2 is 1.81 bits per heavy atom. The molecule has 0 atom stereocenters. The lowest BCUT2D eigenvalue weighted by Gasteiger charge is -2.18. The zero-order valence-electron chi connectivity index (χ0n) is 18.3. The topological polar surface area (TPSA) is 98.5 Å². The lowest BCUT2D eigenvalue weighted by molar-refractivity contribution is -0.117. The fourth-order valence-corrected chi connectivity index (χ4v) is 3.66. The summed E-state index contributed by atoms with van der Waals surface area (Å²) in [5.41, 5.74) is 1.87. The van der Waals surface area contributed by atoms with E-state index < -0.39 is 17.0 Å². The van der Waals surface area contributed by atoms with E-state index >= 15 is 0 Å². The first-order valence-corrected chi connectivity index (χ1v) is 10.5. The number of anilines is 3. The van der Waals surface area contributed by atoms with Gasteiger partial charge in [-0.2, -0.15) is 0 Å². The molecular formula is C23H25N5O4. The molecule has 4 rings (SSSR count). The van der Waals surface area contributed by atoms with E-state index in [1.807, 2.05) is 68.1 Å². The number of fused-ring (bicyclic) bond motifs is 1. The summed E-state index contributed by atoms with van der Waals surface area (Å²) in [4.78, 5) is 39.7. The number of nitrogens with one attached hydrogen (secondary N) is 1. The highest BCUT2D eigenvalue weighted by molar-refractivity contribution is 5.91. The number of aryl methyl sites for hydroxylation is 2. The molecule has 0 unspecified atom stereocenters. The van der Waals surface area contributed by atoms with Crippen LogP contribution >= 0.6 is 0 Å². The molecule has 1 aliphatic rings. The van der Waals surface area contributed by atoms with Crippen LogP contribution in [0, 0.1) is 13.8 Å². The first-order valence-electron chi connectivity index (χ1n) is 10.5. The van der Waals surface area contributed by atoms with Crippen LogP contribution in [0.15, 0.2) is 52.1 Å². The van der Waals surface area contributed by atoms with E-state index in [0.29, 0.717) is 31.3 Å². The van der Waals surface area contributed by atoms with Crippen molar-refractivity contribution in [2.75, 3.05) is 23.4 Å². The molecule has 0 aliphatic carbocycles. The van der Waals surface area contributed by atoms with Crippen LogP contribution in [-0.4, -0.2) is 33.4 Å². The fraction of sp³-hybridized carbons (Fsp3) is 0.304. The van der Waals surface area contributed by atoms with Crippen molar-refractivity contribution in [3.8, 4) is 5.75 Å². The van der Waals surface area contributed by atoms with Crippen LogP contribution in [0.3, 0.4) is 0 Å². The van der Waals surface area contributed by atoms with Gasteiger partial charge in [0.25, 0.3) is 0 Å². The molecule has 3 aromatic rings. The van der Waals surface area contributed by atoms with Gasteiger partial charge >= 0.3 is 11.1 Å². The minimum atomic E-state index is -0.821. The third-order valence-corrected chi connectivity index (χ3v) is 5.32. The van der Waals surface area contributed by atoms with Gasteiger partial charge in [-0.25, -0.2) is 4.68 Å². The Morgan fingerprint density at radius 1 is 1.06 bits per heavy atom. The summed E-state index contributed by atoms with van der Waals surface area (Å²) < 4.78 is 7.75. The molecule has 2 heterocycles. The van der Waals surface area contributed by atoms with Gasteiger partial charge in [0.15, 0.2) is 0 Å². The van der Waals surface area contributed by atoms with Gasteiger partial charge in [0, 0.05) is 24.5 Å². The highest BCUT2D eigenvalue weighted by Crippen LogP contribution is 2.28. The Morgan fingerprint density at radius 3 is 2.53 bits per heavy atom. The largest absolute Gasteiger partial charge is 0.494 e. The number of rotatable bonds is 6. The number of nitrogens with zero attached hydrogens (tertiary/aromatic N) is 4. The molecule has 1 N–H and O–H groups in total. The van der Waals surface area contributed by atoms with E-state index in [2.05, 4.69) is 10.4 Å². The standard InChI is InChI=1S/C23H25N5O4/c1-4-32-18-9-7-17(8-10-18)26-11-12-27-21(30)22(31)28(25-23(26)27)14-20(29)24-19-13-15(2)5-6-16(19)3/h5-10,13H,4,11-12,14H2,1-3H3,(H,24,29). The smallest absolute Gasteiger partial charge is 0.333 e. The molecule has 1 amide bonds. The number of aromatic nitrogens is 3. The summed E-state index contributed by atoms with van der Waals surface area (Å²) in [6, 6.07) is 13.1. The first-order chi connectivity index (χ1) is 15.4. The van der Waals surface area contributed by atoms with Crippen molar-refractivity contribution < 1.29 is 9.53 Å². The van der Waals surface area contributed by atoms with Crippen molar-refractivity contribution in [1.29, 1.82) is 0 Å². The maximum atomic E-state index is 12.6. The third kappa shape index (κ3) is 4.14. The third-order valence-electron chi connectivity index (χ3n) is 5.32. The predicted molar refractivity (Wildman–Crippen MR) is 122 cm³/mol. The van der Waals surface area contributed by atoms with Crippen molar-refractivity contribution >= 4 is 23.2 Å². The number of hydrogen-bond donors (Lipinski definition) is 1. The van der Waals surface area contributed by atoms with Gasteiger partial charge in [0.1, 0.15) is 12.3 Å². The molecule has 1 aliphatic heterocycles. The Bertz CT molecular complexity index is 1280. The summed E-state index contributed by atoms with van der Waals surface area (Å²) in [5.74, 6) is 0.649. The zero-order valence-corrected chi connectivity index (χ0v) is 18.3. The minimum Gasteiger partial charge on any atom is -0.494 e. The number of amides is 1. The van der Waals surface area contributed by atoms with Crippen molar-refractivity contribution in [3.05, 3.63) is 74.3 Å². The highest BCUT2D eigenvalue weighted by atomic mass is 16.5. The molecule has 0 bridgehead atoms. The molecule has 9 heteroatoms. The predicted octanol–water partition coefficient (Wildman–Crippen LogP) is 2.21. The van der Waals surface area contributed by atoms with E-state index in [4.69, 9.17) is 4.74 Å². The zero-order chi connectivity index (χ0) is 22.8. The van der Waals surface area contributed by atoms with E-state index in [1.54, 1.807) is 0 Å². The molecule has 9 nitrogen and oxygen atoms in total. The Hall–Kier alpha value is -3.88. The number of hydrogen-bond acceptors (Lipinski definition) is 6. The van der Waals surface area contributed by atoms with Gasteiger partial charge in [0.05, 0.1) is 6.61 Å². The van der Waals surface area contributed by atoms with Crippen LogP contribution in [0.1, 0.15) is 18.1 Å². The second-order valence-electron chi connectivity index (χ2n) is 7.66. The van der Waals surface area contributed by atoms with Gasteiger partial charge < -0.3 is 15.0 Å². The Kier molecular flexibility index (Phi) is 5.81. The van der Waals surface area contributed by atoms with E-state index in [1.165, 1.54) is 4.57 Å². The average Bonchev–Trinajstić information content (AvgIpc) is 3.19. The summed E-state index contributed by atoms with van der Waals surface area (Å²) in [6.07, 6.45) is 0. The van der Waals surface area contributed by atoms with Crippen LogP contribution in [-0.2, 0) is 17.9 Å². The molecule has 0 saturated carbocycles. The second kappa shape index (κ2) is 8.70. The minimum absolute atomic E-state index is 0.332. The number of carbonyl (C=O) groups is 1. The van der Waals surface area contributed by atoms with Crippen LogP contribution < -0.4 is 26.1 Å². The van der Waals surface area contributed by atoms with Gasteiger partial charge in [-0.15, -0.1) is 5.10 Å². The SMILES string of the molecule is CCOc1ccc(N2CCn3c2nn(CC(=O)Nc2cc(C)ccc2C)c(=O)c3=O)cc1. The monoisotopic (exact) mass is 435 g/mol. The van der Waals surface area contributed by atoms with Crippen LogP contribution in [0.4, 0.5) is 17.3 Å². The van der Waals surface area contributed by atoms with E-state index in [-0.39, 0.29) is 6.54 Å². The number of benzene rings is 2. The lowest BCUT2D eigenvalue weighted by atomic mass is 10.1. The lowest BCUT2D eigenvalue weighted by Crippen LogP contribution is -2.44. The average molecular weight is 435 g/mol. The van der Waals surface area contributed by atoms with Gasteiger partial charge in [0.2, 0.25) is 11.9 Å². The quantitative estimate of drug-likeness (QED) is 0.596. The van der Waals surface area contributed by atoms with Gasteiger partial charge in [-0.1, -0.05) is 12.1 Å². The molecule has 1 aromatic heterocycles. The number of carbonyl (C=O) groups excluding carboxylic acids is 1. The molecule has 0 saturated heterocycles. The summed E-state index contributed by atoms with van der Waals surface area (Å²) in [6.45, 7) is 6.78. The molecule has 0 radical (unpaired) electrons. The summed E-state index contributed by atoms with van der Waals surface area (Å²) in [5, 5.41) is 7.15. The summed E-state index contributed by atoms with van der Waals surface area (Å²) in [7, 11) is 0. The van der Waals surface area contributed by atoms with Crippen molar-refractivity contribution in [2.24, 2.45) is 0 Å².